The minimum absolute atomic E-state index is 0.00330. The average Bonchev–Trinajstić information content (AvgIpc) is 3.41. The van der Waals surface area contributed by atoms with Gasteiger partial charge in [0.1, 0.15) is 5.65 Å². The van der Waals surface area contributed by atoms with Crippen molar-refractivity contribution < 1.29 is 0 Å². The number of hydrogen-bond acceptors (Lipinski definition) is 5. The van der Waals surface area contributed by atoms with Gasteiger partial charge in [0, 0.05) is 41.0 Å². The Morgan fingerprint density at radius 3 is 2.67 bits per heavy atom. The number of aromatic nitrogens is 5. The summed E-state index contributed by atoms with van der Waals surface area (Å²) < 4.78 is 3.59. The molecule has 0 aliphatic heterocycles. The molecule has 1 aromatic carbocycles. The highest BCUT2D eigenvalue weighted by Gasteiger charge is 2.21. The normalized spacial score (nSPS) is 14.5. The van der Waals surface area contributed by atoms with Crippen LogP contribution in [-0.4, -0.2) is 24.3 Å². The predicted molar refractivity (Wildman–Crippen MR) is 118 cm³/mol. The van der Waals surface area contributed by atoms with Crippen molar-refractivity contribution in [2.45, 2.75) is 38.6 Å². The molecule has 4 aromatic rings. The Morgan fingerprint density at radius 2 is 1.90 bits per heavy atom. The van der Waals surface area contributed by atoms with E-state index in [9.17, 15) is 4.79 Å². The maximum atomic E-state index is 12.8. The first kappa shape index (κ1) is 18.8. The van der Waals surface area contributed by atoms with Crippen LogP contribution < -0.4 is 10.9 Å². The average molecular weight is 421 g/mol. The highest BCUT2D eigenvalue weighted by molar-refractivity contribution is 6.30. The number of benzene rings is 1. The van der Waals surface area contributed by atoms with Gasteiger partial charge < -0.3 is 5.32 Å². The van der Waals surface area contributed by atoms with Crippen LogP contribution in [0.25, 0.3) is 16.7 Å². The van der Waals surface area contributed by atoms with Gasteiger partial charge in [0.15, 0.2) is 5.82 Å². The van der Waals surface area contributed by atoms with Crippen molar-refractivity contribution in [3.05, 3.63) is 69.7 Å². The molecule has 1 N–H and O–H groups in total. The molecular weight excluding hydrogens is 400 g/mol. The first-order valence-corrected chi connectivity index (χ1v) is 10.4. The Labute approximate surface area is 178 Å². The largest absolute Gasteiger partial charge is 0.307 e. The molecule has 0 bridgehead atoms. The van der Waals surface area contributed by atoms with E-state index < -0.39 is 0 Å². The predicted octanol–water partition coefficient (Wildman–Crippen LogP) is 4.80. The molecule has 30 heavy (non-hydrogen) atoms. The number of rotatable bonds is 4. The van der Waals surface area contributed by atoms with Crippen molar-refractivity contribution in [1.82, 2.24) is 24.3 Å². The van der Waals surface area contributed by atoms with E-state index in [1.54, 1.807) is 16.9 Å². The minimum atomic E-state index is 0.00330. The van der Waals surface area contributed by atoms with Crippen LogP contribution in [0.15, 0.2) is 53.6 Å². The third kappa shape index (κ3) is 3.45. The molecule has 0 radical (unpaired) electrons. The summed E-state index contributed by atoms with van der Waals surface area (Å²) in [5.41, 5.74) is 2.48. The third-order valence-corrected chi connectivity index (χ3v) is 5.86. The fourth-order valence-electron chi connectivity index (χ4n) is 4.09. The number of fused-ring (bicyclic) bond motifs is 1. The molecule has 0 unspecified atom stereocenters. The van der Waals surface area contributed by atoms with Crippen molar-refractivity contribution in [2.75, 3.05) is 5.32 Å². The number of anilines is 2. The van der Waals surface area contributed by atoms with Crippen LogP contribution in [0.1, 0.15) is 37.3 Å². The quantitative estimate of drug-likeness (QED) is 0.513. The summed E-state index contributed by atoms with van der Waals surface area (Å²) in [6.07, 6.45) is 7.94. The van der Waals surface area contributed by atoms with Gasteiger partial charge in [-0.2, -0.15) is 10.1 Å². The molecule has 8 heteroatoms. The zero-order valence-electron chi connectivity index (χ0n) is 16.5. The highest BCUT2D eigenvalue weighted by atomic mass is 35.5. The van der Waals surface area contributed by atoms with Gasteiger partial charge in [-0.1, -0.05) is 24.4 Å². The fraction of sp³-hybridized carbons (Fsp3) is 0.273. The van der Waals surface area contributed by atoms with Gasteiger partial charge in [-0.15, -0.1) is 0 Å². The van der Waals surface area contributed by atoms with E-state index in [0.717, 1.165) is 42.3 Å². The van der Waals surface area contributed by atoms with Gasteiger partial charge in [0.05, 0.1) is 5.69 Å². The second-order valence-corrected chi connectivity index (χ2v) is 8.09. The van der Waals surface area contributed by atoms with Gasteiger partial charge in [-0.25, -0.2) is 9.67 Å². The van der Waals surface area contributed by atoms with Gasteiger partial charge in [0.2, 0.25) is 5.95 Å². The zero-order valence-corrected chi connectivity index (χ0v) is 17.3. The summed E-state index contributed by atoms with van der Waals surface area (Å²) >= 11 is 5.96. The van der Waals surface area contributed by atoms with Crippen molar-refractivity contribution in [1.29, 1.82) is 0 Å². The second kappa shape index (κ2) is 7.57. The maximum absolute atomic E-state index is 12.8. The first-order chi connectivity index (χ1) is 14.6. The van der Waals surface area contributed by atoms with Crippen LogP contribution in [0.3, 0.4) is 0 Å². The van der Waals surface area contributed by atoms with Crippen molar-refractivity contribution in [3.63, 3.8) is 0 Å². The van der Waals surface area contributed by atoms with Crippen LogP contribution in [-0.2, 0) is 0 Å². The molecular formula is C22H21ClN6O. The Morgan fingerprint density at radius 1 is 1.13 bits per heavy atom. The fourth-order valence-corrected chi connectivity index (χ4v) is 4.22. The van der Waals surface area contributed by atoms with E-state index >= 15 is 0 Å². The lowest BCUT2D eigenvalue weighted by Crippen LogP contribution is -2.24. The summed E-state index contributed by atoms with van der Waals surface area (Å²) in [5, 5.41) is 9.27. The smallest absolute Gasteiger partial charge is 0.252 e. The minimum Gasteiger partial charge on any atom is -0.307 e. The van der Waals surface area contributed by atoms with Crippen LogP contribution in [0, 0.1) is 6.92 Å². The van der Waals surface area contributed by atoms with Crippen LogP contribution in [0.5, 0.6) is 0 Å². The molecule has 3 heterocycles. The second-order valence-electron chi connectivity index (χ2n) is 7.65. The number of nitrogens with zero attached hydrogens (tertiary/aromatic N) is 5. The Kier molecular flexibility index (Phi) is 4.75. The van der Waals surface area contributed by atoms with E-state index in [4.69, 9.17) is 16.6 Å². The van der Waals surface area contributed by atoms with E-state index in [-0.39, 0.29) is 11.6 Å². The van der Waals surface area contributed by atoms with Gasteiger partial charge in [-0.3, -0.25) is 9.36 Å². The zero-order chi connectivity index (χ0) is 20.7. The first-order valence-electron chi connectivity index (χ1n) is 10.1. The standard InChI is InChI=1S/C22H21ClN6O/c1-14-12-20(30)29(17-4-2-3-5-17)21-18(14)13-24-22(26-21)25-19-10-11-28(27-19)16-8-6-15(23)7-9-16/h6-13,17H,2-5H2,1H3,(H,24,25,26,27). The topological polar surface area (TPSA) is 77.6 Å². The monoisotopic (exact) mass is 420 g/mol. The number of pyridine rings is 1. The summed E-state index contributed by atoms with van der Waals surface area (Å²) in [6, 6.07) is 11.2. The maximum Gasteiger partial charge on any atom is 0.252 e. The molecule has 0 atom stereocenters. The molecule has 7 nitrogen and oxygen atoms in total. The molecule has 1 fully saturated rings. The molecule has 0 saturated heterocycles. The molecule has 1 aliphatic rings. The van der Waals surface area contributed by atoms with E-state index in [2.05, 4.69) is 15.4 Å². The number of halogens is 1. The van der Waals surface area contributed by atoms with Gasteiger partial charge in [0.25, 0.3) is 5.56 Å². The summed E-state index contributed by atoms with van der Waals surface area (Å²) in [5.74, 6) is 1.03. The Balaban J connectivity index is 1.50. The van der Waals surface area contributed by atoms with E-state index in [0.29, 0.717) is 22.4 Å². The highest BCUT2D eigenvalue weighted by Crippen LogP contribution is 2.31. The number of nitrogens with one attached hydrogen (secondary N) is 1. The van der Waals surface area contributed by atoms with Crippen molar-refractivity contribution in [2.24, 2.45) is 0 Å². The Bertz CT molecular complexity index is 1270. The number of aryl methyl sites for hydroxylation is 1. The molecule has 0 spiro atoms. The Hall–Kier alpha value is -3.19. The van der Waals surface area contributed by atoms with Gasteiger partial charge >= 0.3 is 0 Å². The molecule has 5 rings (SSSR count). The van der Waals surface area contributed by atoms with Crippen LogP contribution >= 0.6 is 11.6 Å². The molecule has 1 saturated carbocycles. The SMILES string of the molecule is Cc1cc(=O)n(C2CCCC2)c2nc(Nc3ccn(-c4ccc(Cl)cc4)n3)ncc12. The molecule has 152 valence electrons. The number of hydrogen-bond donors (Lipinski definition) is 1. The summed E-state index contributed by atoms with van der Waals surface area (Å²) in [4.78, 5) is 21.9. The lowest BCUT2D eigenvalue weighted by atomic mass is 10.1. The van der Waals surface area contributed by atoms with E-state index in [1.165, 1.54) is 0 Å². The third-order valence-electron chi connectivity index (χ3n) is 5.61. The summed E-state index contributed by atoms with van der Waals surface area (Å²) in [6.45, 7) is 1.92. The lowest BCUT2D eigenvalue weighted by Gasteiger charge is -2.17. The lowest BCUT2D eigenvalue weighted by molar-refractivity contribution is 0.515. The van der Waals surface area contributed by atoms with E-state index in [1.807, 2.05) is 48.0 Å². The van der Waals surface area contributed by atoms with Gasteiger partial charge in [-0.05, 0) is 49.6 Å². The van der Waals surface area contributed by atoms with Crippen molar-refractivity contribution >= 4 is 34.4 Å². The molecule has 1 aliphatic carbocycles. The van der Waals surface area contributed by atoms with Crippen molar-refractivity contribution in [3.8, 4) is 5.69 Å². The molecule has 3 aromatic heterocycles. The van der Waals surface area contributed by atoms with Crippen LogP contribution in [0.2, 0.25) is 5.02 Å². The molecule has 0 amide bonds. The van der Waals surface area contributed by atoms with Crippen LogP contribution in [0.4, 0.5) is 11.8 Å². The summed E-state index contributed by atoms with van der Waals surface area (Å²) in [7, 11) is 0.